The molecule has 4 rings (SSSR count). The van der Waals surface area contributed by atoms with Gasteiger partial charge in [-0.25, -0.2) is 8.78 Å². The van der Waals surface area contributed by atoms with Crippen LogP contribution in [0.5, 0.6) is 5.75 Å². The second-order valence-corrected chi connectivity index (χ2v) is 7.62. The highest BCUT2D eigenvalue weighted by atomic mass is 19.3. The molecule has 1 aromatic heterocycles. The van der Waals surface area contributed by atoms with Crippen molar-refractivity contribution in [3.8, 4) is 5.75 Å². The second-order valence-electron chi connectivity index (χ2n) is 7.62. The zero-order chi connectivity index (χ0) is 26.4. The van der Waals surface area contributed by atoms with Gasteiger partial charge in [0.05, 0.1) is 19.8 Å². The highest BCUT2D eigenvalue weighted by Crippen LogP contribution is 2.28. The molecule has 2 heterocycles. The minimum atomic E-state index is -4.64. The fourth-order valence-corrected chi connectivity index (χ4v) is 3.15. The molecule has 0 amide bonds. The number of alkyl halides is 4. The zero-order valence-corrected chi connectivity index (χ0v) is 18.9. The van der Waals surface area contributed by atoms with Crippen molar-refractivity contribution < 1.29 is 35.8 Å². The molecule has 1 saturated heterocycles. The first-order chi connectivity index (χ1) is 17.7. The molecule has 0 bridgehead atoms. The molecule has 9 nitrogen and oxygen atoms in total. The Morgan fingerprint density at radius 1 is 1.03 bits per heavy atom. The van der Waals surface area contributed by atoms with Crippen LogP contribution >= 0.6 is 0 Å². The number of hydrogen-bond donors (Lipinski definition) is 1. The Bertz CT molecular complexity index is 1260. The van der Waals surface area contributed by atoms with Crippen LogP contribution in [0.1, 0.15) is 5.56 Å². The van der Waals surface area contributed by atoms with Crippen LogP contribution in [0.25, 0.3) is 0 Å². The van der Waals surface area contributed by atoms with E-state index in [0.29, 0.717) is 31.9 Å². The number of hydrogen-bond acceptors (Lipinski definition) is 9. The predicted octanol–water partition coefficient (Wildman–Crippen LogP) is 5.25. The lowest BCUT2D eigenvalue weighted by molar-refractivity contribution is -0.253. The quantitative estimate of drug-likeness (QED) is 0.300. The summed E-state index contributed by atoms with van der Waals surface area (Å²) in [7, 11) is 0. The highest BCUT2D eigenvalue weighted by Gasteiger charge is 2.43. The Morgan fingerprint density at radius 3 is 2.54 bits per heavy atom. The summed E-state index contributed by atoms with van der Waals surface area (Å²) in [6.07, 6.45) is -8.63. The van der Waals surface area contributed by atoms with E-state index in [0.717, 1.165) is 24.3 Å². The van der Waals surface area contributed by atoms with Gasteiger partial charge in [0.2, 0.25) is 11.9 Å². The van der Waals surface area contributed by atoms with E-state index in [1.54, 1.807) is 0 Å². The van der Waals surface area contributed by atoms with Crippen LogP contribution in [-0.2, 0) is 11.3 Å². The number of morpholine rings is 1. The second kappa shape index (κ2) is 11.4. The number of benzene rings is 2. The van der Waals surface area contributed by atoms with E-state index in [1.165, 1.54) is 18.2 Å². The standard InChI is InChI=1S/C22H19F6N7O2/c23-16-5-4-14(11-17(16)24)30-19-31-20(33-21(32-19)35-6-8-36-9-7-35)34-29-12-13-2-1-3-15(10-13)37-22(27,28)18(25)26/h1-5,10-11,18H,6-9,12H2,(H,30,31,32,33). The monoisotopic (exact) mass is 527 g/mol. The van der Waals surface area contributed by atoms with Gasteiger partial charge >= 0.3 is 12.5 Å². The van der Waals surface area contributed by atoms with E-state index >= 15 is 0 Å². The molecule has 1 fully saturated rings. The summed E-state index contributed by atoms with van der Waals surface area (Å²) in [5.74, 6) is -2.45. The van der Waals surface area contributed by atoms with Crippen molar-refractivity contribution >= 4 is 23.5 Å². The van der Waals surface area contributed by atoms with Gasteiger partial charge in [0, 0.05) is 24.8 Å². The minimum Gasteiger partial charge on any atom is -0.428 e. The Hall–Kier alpha value is -4.01. The molecule has 0 radical (unpaired) electrons. The fraction of sp³-hybridized carbons (Fsp3) is 0.318. The summed E-state index contributed by atoms with van der Waals surface area (Å²) in [4.78, 5) is 14.5. The van der Waals surface area contributed by atoms with Gasteiger partial charge in [-0.1, -0.05) is 12.1 Å². The smallest absolute Gasteiger partial charge is 0.428 e. The molecule has 1 N–H and O–H groups in total. The molecule has 0 aliphatic carbocycles. The van der Waals surface area contributed by atoms with Gasteiger partial charge in [-0.05, 0) is 29.8 Å². The molecule has 2 aromatic carbocycles. The predicted molar refractivity (Wildman–Crippen MR) is 119 cm³/mol. The van der Waals surface area contributed by atoms with Crippen LogP contribution in [0.15, 0.2) is 52.7 Å². The number of azo groups is 1. The van der Waals surface area contributed by atoms with E-state index in [4.69, 9.17) is 4.74 Å². The summed E-state index contributed by atoms with van der Waals surface area (Å²) in [5, 5.41) is 10.7. The zero-order valence-electron chi connectivity index (χ0n) is 18.9. The van der Waals surface area contributed by atoms with E-state index in [2.05, 4.69) is 35.2 Å². The summed E-state index contributed by atoms with van der Waals surface area (Å²) in [6.45, 7) is 1.72. The maximum atomic E-state index is 13.6. The van der Waals surface area contributed by atoms with Gasteiger partial charge in [-0.15, -0.1) is 5.11 Å². The van der Waals surface area contributed by atoms with E-state index in [9.17, 15) is 26.3 Å². The lowest BCUT2D eigenvalue weighted by atomic mass is 10.2. The molecule has 0 atom stereocenters. The molecule has 0 unspecified atom stereocenters. The third-order valence-electron chi connectivity index (χ3n) is 4.90. The van der Waals surface area contributed by atoms with Crippen molar-refractivity contribution in [3.63, 3.8) is 0 Å². The lowest BCUT2D eigenvalue weighted by Crippen LogP contribution is -2.37. The average Bonchev–Trinajstić information content (AvgIpc) is 2.87. The maximum absolute atomic E-state index is 13.6. The summed E-state index contributed by atoms with van der Waals surface area (Å²) in [6, 6.07) is 8.24. The minimum absolute atomic E-state index is 0.0129. The number of anilines is 3. The van der Waals surface area contributed by atoms with Crippen molar-refractivity contribution in [2.75, 3.05) is 36.5 Å². The number of ether oxygens (including phenoxy) is 2. The summed E-state index contributed by atoms with van der Waals surface area (Å²) in [5.41, 5.74) is 0.521. The molecule has 1 aliphatic heterocycles. The third-order valence-corrected chi connectivity index (χ3v) is 4.90. The van der Waals surface area contributed by atoms with Crippen LogP contribution in [0.2, 0.25) is 0 Å². The molecule has 196 valence electrons. The SMILES string of the molecule is Fc1ccc(Nc2nc(N=NCc3cccc(OC(F)(F)C(F)F)c3)nc(N3CCOCC3)n2)cc1F. The van der Waals surface area contributed by atoms with Crippen LogP contribution in [0.4, 0.5) is 49.9 Å². The molecule has 0 spiro atoms. The largest absolute Gasteiger partial charge is 0.461 e. The molecule has 37 heavy (non-hydrogen) atoms. The van der Waals surface area contributed by atoms with E-state index in [1.807, 2.05) is 4.90 Å². The Balaban J connectivity index is 1.53. The summed E-state index contributed by atoms with van der Waals surface area (Å²) < 4.78 is 87.4. The van der Waals surface area contributed by atoms with E-state index in [-0.39, 0.29) is 30.1 Å². The molecular formula is C22H19F6N7O2. The van der Waals surface area contributed by atoms with Gasteiger partial charge in [0.15, 0.2) is 11.6 Å². The average molecular weight is 527 g/mol. The van der Waals surface area contributed by atoms with Crippen molar-refractivity contribution in [2.24, 2.45) is 10.2 Å². The molecule has 3 aromatic rings. The number of aromatic nitrogens is 3. The lowest BCUT2D eigenvalue weighted by Gasteiger charge is -2.26. The highest BCUT2D eigenvalue weighted by molar-refractivity contribution is 5.55. The molecule has 15 heteroatoms. The van der Waals surface area contributed by atoms with Gasteiger partial charge in [0.25, 0.3) is 5.95 Å². The van der Waals surface area contributed by atoms with E-state index < -0.39 is 29.9 Å². The van der Waals surface area contributed by atoms with Gasteiger partial charge in [-0.3, -0.25) is 0 Å². The number of nitrogens with one attached hydrogen (secondary N) is 1. The first-order valence-electron chi connectivity index (χ1n) is 10.8. The number of halogens is 6. The first-order valence-corrected chi connectivity index (χ1v) is 10.8. The maximum Gasteiger partial charge on any atom is 0.461 e. The number of nitrogens with zero attached hydrogens (tertiary/aromatic N) is 6. The normalized spacial score (nSPS) is 14.4. The van der Waals surface area contributed by atoms with Crippen molar-refractivity contribution in [2.45, 2.75) is 19.1 Å². The summed E-state index contributed by atoms with van der Waals surface area (Å²) >= 11 is 0. The van der Waals surface area contributed by atoms with Crippen LogP contribution in [-0.4, -0.2) is 53.8 Å². The molecule has 0 saturated carbocycles. The van der Waals surface area contributed by atoms with Crippen LogP contribution in [0.3, 0.4) is 0 Å². The Labute approximate surface area is 206 Å². The fourth-order valence-electron chi connectivity index (χ4n) is 3.15. The van der Waals surface area contributed by atoms with Crippen molar-refractivity contribution in [1.29, 1.82) is 0 Å². The molecular weight excluding hydrogens is 508 g/mol. The Kier molecular flexibility index (Phi) is 8.01. The van der Waals surface area contributed by atoms with Gasteiger partial charge in [-0.2, -0.15) is 37.6 Å². The van der Waals surface area contributed by atoms with Crippen molar-refractivity contribution in [3.05, 3.63) is 59.7 Å². The third kappa shape index (κ3) is 7.03. The Morgan fingerprint density at radius 2 is 1.81 bits per heavy atom. The molecule has 1 aliphatic rings. The topological polar surface area (TPSA) is 97.1 Å². The number of rotatable bonds is 9. The van der Waals surface area contributed by atoms with Gasteiger partial charge < -0.3 is 19.7 Å². The first kappa shape index (κ1) is 26.1. The van der Waals surface area contributed by atoms with Gasteiger partial charge in [0.1, 0.15) is 5.75 Å². The van der Waals surface area contributed by atoms with Crippen LogP contribution < -0.4 is 15.0 Å². The van der Waals surface area contributed by atoms with Crippen LogP contribution in [0, 0.1) is 11.6 Å². The van der Waals surface area contributed by atoms with Crippen molar-refractivity contribution in [1.82, 2.24) is 15.0 Å².